The fourth-order valence-electron chi connectivity index (χ4n) is 5.33. The second-order valence-corrected chi connectivity index (χ2v) is 11.6. The summed E-state index contributed by atoms with van der Waals surface area (Å²) in [6.45, 7) is 7.61. The van der Waals surface area contributed by atoms with Crippen LogP contribution in [0.1, 0.15) is 68.8 Å². The van der Waals surface area contributed by atoms with Gasteiger partial charge in [-0.15, -0.1) is 0 Å². The van der Waals surface area contributed by atoms with Crippen molar-refractivity contribution in [3.63, 3.8) is 0 Å². The third kappa shape index (κ3) is 11.1. The van der Waals surface area contributed by atoms with Gasteiger partial charge in [-0.05, 0) is 48.3 Å². The van der Waals surface area contributed by atoms with Crippen molar-refractivity contribution in [3.8, 4) is 0 Å². The molecule has 1 saturated heterocycles. The smallest absolute Gasteiger partial charge is 0.300 e. The van der Waals surface area contributed by atoms with Crippen molar-refractivity contribution < 1.29 is 29.1 Å². The maximum absolute atomic E-state index is 13.5. The van der Waals surface area contributed by atoms with Crippen LogP contribution in [0.25, 0.3) is 10.8 Å². The van der Waals surface area contributed by atoms with Crippen molar-refractivity contribution in [2.24, 2.45) is 5.16 Å². The highest BCUT2D eigenvalue weighted by Crippen LogP contribution is 2.29. The molecule has 0 saturated carbocycles. The first kappa shape index (κ1) is 35.9. The van der Waals surface area contributed by atoms with Crippen molar-refractivity contribution in [2.75, 3.05) is 32.7 Å². The van der Waals surface area contributed by atoms with Crippen LogP contribution in [0.4, 0.5) is 0 Å². The zero-order chi connectivity index (χ0) is 33.4. The topological polar surface area (TPSA) is 137 Å². The molecule has 0 aromatic heterocycles. The zero-order valence-corrected chi connectivity index (χ0v) is 27.1. The van der Waals surface area contributed by atoms with E-state index in [-0.39, 0.29) is 37.1 Å². The molecular formula is C36H46N4O6. The summed E-state index contributed by atoms with van der Waals surface area (Å²) in [6, 6.07) is 22.9. The fourth-order valence-corrected chi connectivity index (χ4v) is 5.33. The van der Waals surface area contributed by atoms with E-state index in [4.69, 9.17) is 14.7 Å². The highest BCUT2D eigenvalue weighted by molar-refractivity contribution is 6.08. The Morgan fingerprint density at radius 3 is 2.22 bits per heavy atom. The lowest BCUT2D eigenvalue weighted by atomic mass is 9.88. The molecule has 0 radical (unpaired) electrons. The minimum atomic E-state index is -1.29. The van der Waals surface area contributed by atoms with E-state index in [0.29, 0.717) is 24.2 Å². The molecule has 1 unspecified atom stereocenters. The van der Waals surface area contributed by atoms with Gasteiger partial charge in [-0.1, -0.05) is 98.6 Å². The van der Waals surface area contributed by atoms with Gasteiger partial charge in [0.15, 0.2) is 5.78 Å². The summed E-state index contributed by atoms with van der Waals surface area (Å²) in [6.07, 6.45) is 5.16. The lowest BCUT2D eigenvalue weighted by molar-refractivity contribution is -0.144. The van der Waals surface area contributed by atoms with Crippen molar-refractivity contribution in [3.05, 3.63) is 83.9 Å². The molecule has 2 aliphatic rings. The van der Waals surface area contributed by atoms with Crippen LogP contribution in [0.5, 0.6) is 0 Å². The van der Waals surface area contributed by atoms with Crippen molar-refractivity contribution in [1.29, 1.82) is 0 Å². The van der Waals surface area contributed by atoms with Gasteiger partial charge in [-0.2, -0.15) is 0 Å². The molecule has 1 atom stereocenters. The average Bonchev–Trinajstić information content (AvgIpc) is 3.47. The molecule has 2 heterocycles. The minimum Gasteiger partial charge on any atom is -0.481 e. The summed E-state index contributed by atoms with van der Waals surface area (Å²) in [5, 5.41) is 19.2. The number of hydrogen-bond donors (Lipinski definition) is 3. The van der Waals surface area contributed by atoms with Crippen LogP contribution in [0, 0.1) is 0 Å². The van der Waals surface area contributed by atoms with Crippen molar-refractivity contribution in [2.45, 2.75) is 64.9 Å². The van der Waals surface area contributed by atoms with E-state index in [1.807, 2.05) is 66.7 Å². The number of benzene rings is 3. The molecule has 46 heavy (non-hydrogen) atoms. The number of amides is 2. The Balaban J connectivity index is 0.000000751. The van der Waals surface area contributed by atoms with Crippen LogP contribution in [-0.2, 0) is 25.6 Å². The monoisotopic (exact) mass is 630 g/mol. The molecule has 2 amide bonds. The highest BCUT2D eigenvalue weighted by atomic mass is 16.7. The summed E-state index contributed by atoms with van der Waals surface area (Å²) in [5.74, 6) is -1.46. The zero-order valence-electron chi connectivity index (χ0n) is 27.1. The standard InChI is InChI=1S/C31H34N4O4.C3H8.C2H4O2/c36-26(22-35-16-7-2-8-17-35)21-33-30(38)31(18-23-10-3-1-4-11-23)19-25(34-39-31)20-32-29(37)28-15-9-13-24-12-5-6-14-27(24)28;1-3-2;1-2(3)4/h1,3-6,9-15H,2,7-8,16-22H2,(H,32,37)(H,33,38);3H2,1-2H3;1H3,(H,3,4). The molecular weight excluding hydrogens is 584 g/mol. The van der Waals surface area contributed by atoms with Crippen molar-refractivity contribution in [1.82, 2.24) is 15.5 Å². The molecule has 3 N–H and O–H groups in total. The maximum atomic E-state index is 13.5. The van der Waals surface area contributed by atoms with E-state index in [1.54, 1.807) is 6.07 Å². The summed E-state index contributed by atoms with van der Waals surface area (Å²) in [7, 11) is 0. The third-order valence-corrected chi connectivity index (χ3v) is 7.37. The first-order valence-electron chi connectivity index (χ1n) is 15.9. The Morgan fingerprint density at radius 2 is 1.52 bits per heavy atom. The molecule has 0 spiro atoms. The molecule has 1 fully saturated rings. The number of nitrogens with one attached hydrogen (secondary N) is 2. The summed E-state index contributed by atoms with van der Waals surface area (Å²) in [5.41, 5.74) is 0.776. The number of carboxylic acid groups (broad SMARTS) is 1. The number of piperidine rings is 1. The van der Waals surface area contributed by atoms with Gasteiger partial charge in [0.25, 0.3) is 17.8 Å². The van der Waals surface area contributed by atoms with Crippen LogP contribution in [0.2, 0.25) is 0 Å². The van der Waals surface area contributed by atoms with Crippen LogP contribution >= 0.6 is 0 Å². The predicted molar refractivity (Wildman–Crippen MR) is 180 cm³/mol. The van der Waals surface area contributed by atoms with Crippen LogP contribution in [-0.4, -0.2) is 77.6 Å². The van der Waals surface area contributed by atoms with Crippen molar-refractivity contribution >= 4 is 40.1 Å². The first-order valence-corrected chi connectivity index (χ1v) is 15.9. The SMILES string of the molecule is CC(=O)O.CCC.O=C(CNC(=O)C1(Cc2ccccc2)CC(CNC(=O)c2cccc3ccccc23)=NO1)CN1CCCCC1. The van der Waals surface area contributed by atoms with E-state index in [9.17, 15) is 14.4 Å². The number of ketones is 1. The second kappa shape index (κ2) is 18.4. The van der Waals surface area contributed by atoms with E-state index in [1.165, 1.54) is 12.8 Å². The molecule has 2 aliphatic heterocycles. The van der Waals surface area contributed by atoms with Gasteiger partial charge < -0.3 is 20.6 Å². The van der Waals surface area contributed by atoms with E-state index < -0.39 is 11.6 Å². The minimum absolute atomic E-state index is 0.0263. The molecule has 3 aromatic rings. The van der Waals surface area contributed by atoms with E-state index in [2.05, 4.69) is 34.5 Å². The largest absolute Gasteiger partial charge is 0.481 e. The molecule has 10 heteroatoms. The normalized spacial score (nSPS) is 17.2. The Labute approximate surface area is 271 Å². The Morgan fingerprint density at radius 1 is 0.891 bits per heavy atom. The number of hydrogen-bond acceptors (Lipinski definition) is 7. The van der Waals surface area contributed by atoms with E-state index >= 15 is 0 Å². The number of aliphatic carboxylic acids is 1. The summed E-state index contributed by atoms with van der Waals surface area (Å²) in [4.78, 5) is 56.0. The quantitative estimate of drug-likeness (QED) is 0.287. The number of fused-ring (bicyclic) bond motifs is 1. The summed E-state index contributed by atoms with van der Waals surface area (Å²) >= 11 is 0. The van der Waals surface area contributed by atoms with Crippen LogP contribution in [0.15, 0.2) is 78.0 Å². The summed E-state index contributed by atoms with van der Waals surface area (Å²) < 4.78 is 0. The number of likely N-dealkylation sites (tertiary alicyclic amines) is 1. The molecule has 0 aliphatic carbocycles. The van der Waals surface area contributed by atoms with Crippen LogP contribution in [0.3, 0.4) is 0 Å². The average molecular weight is 631 g/mol. The number of nitrogens with zero attached hydrogens (tertiary/aromatic N) is 2. The lowest BCUT2D eigenvalue weighted by Crippen LogP contribution is -2.51. The predicted octanol–water partition coefficient (Wildman–Crippen LogP) is 5.01. The lowest BCUT2D eigenvalue weighted by Gasteiger charge is -2.27. The number of oxime groups is 1. The van der Waals surface area contributed by atoms with Gasteiger partial charge in [-0.3, -0.25) is 24.1 Å². The third-order valence-electron chi connectivity index (χ3n) is 7.37. The first-order chi connectivity index (χ1) is 22.2. The molecule has 10 nitrogen and oxygen atoms in total. The molecule has 5 rings (SSSR count). The van der Waals surface area contributed by atoms with Gasteiger partial charge in [-0.25, -0.2) is 0 Å². The Bertz CT molecular complexity index is 1480. The van der Waals surface area contributed by atoms with Gasteiger partial charge in [0, 0.05) is 25.3 Å². The fraction of sp³-hybridized carbons (Fsp3) is 0.417. The Kier molecular flexibility index (Phi) is 14.4. The second-order valence-electron chi connectivity index (χ2n) is 11.6. The Hall–Kier alpha value is -4.57. The number of rotatable bonds is 10. The molecule has 0 bridgehead atoms. The number of carboxylic acids is 1. The molecule has 246 valence electrons. The van der Waals surface area contributed by atoms with Gasteiger partial charge in [0.1, 0.15) is 0 Å². The number of carbonyl (C=O) groups is 4. The molecule has 3 aromatic carbocycles. The van der Waals surface area contributed by atoms with Gasteiger partial charge in [0.05, 0.1) is 25.3 Å². The maximum Gasteiger partial charge on any atom is 0.300 e. The number of Topliss-reactive ketones (excluding diaryl/α,β-unsaturated/α-hetero) is 1. The van der Waals surface area contributed by atoms with Gasteiger partial charge in [0.2, 0.25) is 5.60 Å². The van der Waals surface area contributed by atoms with Crippen LogP contribution < -0.4 is 10.6 Å². The van der Waals surface area contributed by atoms with Gasteiger partial charge >= 0.3 is 0 Å². The highest BCUT2D eigenvalue weighted by Gasteiger charge is 2.46. The number of carbonyl (C=O) groups excluding carboxylic acids is 3. The van der Waals surface area contributed by atoms with E-state index in [0.717, 1.165) is 49.2 Å².